The largest absolute Gasteiger partial charge is 0.457 e. The number of nitrogens with two attached hydrogens (primary N) is 1. The third-order valence-corrected chi connectivity index (χ3v) is 13.9. The van der Waals surface area contributed by atoms with Crippen LogP contribution in [0.15, 0.2) is 60.8 Å². The number of cyclic esters (lactones) is 1. The van der Waals surface area contributed by atoms with Gasteiger partial charge < -0.3 is 44.7 Å². The number of benzene rings is 2. The van der Waals surface area contributed by atoms with Crippen molar-refractivity contribution in [1.82, 2.24) is 30.1 Å². The summed E-state index contributed by atoms with van der Waals surface area (Å²) in [6, 6.07) is 15.8. The first-order valence-electron chi connectivity index (χ1n) is 23.4. The van der Waals surface area contributed by atoms with Gasteiger partial charge in [-0.3, -0.25) is 19.2 Å². The number of unbranched alkanes of at least 4 members (excludes halogenated alkanes) is 1. The number of nitrogens with one attached hydrogen (secondary N) is 1. The Balaban J connectivity index is 1.30. The van der Waals surface area contributed by atoms with Crippen LogP contribution in [-0.2, 0) is 46.2 Å². The summed E-state index contributed by atoms with van der Waals surface area (Å²) < 4.78 is 34.0. The molecule has 16 heteroatoms. The molecule has 0 saturated carbocycles. The molecule has 3 aliphatic rings. The van der Waals surface area contributed by atoms with Crippen LogP contribution in [0, 0.1) is 17.8 Å². The van der Waals surface area contributed by atoms with Crippen molar-refractivity contribution in [3.63, 3.8) is 0 Å². The molecule has 65 heavy (non-hydrogen) atoms. The summed E-state index contributed by atoms with van der Waals surface area (Å²) >= 11 is 0. The maximum Gasteiger partial charge on any atom is 0.410 e. The second-order valence-electron chi connectivity index (χ2n) is 19.3. The van der Waals surface area contributed by atoms with Gasteiger partial charge >= 0.3 is 12.1 Å². The molecule has 3 aromatic rings. The van der Waals surface area contributed by atoms with Gasteiger partial charge in [-0.25, -0.2) is 4.79 Å². The Bertz CT molecular complexity index is 2050. The van der Waals surface area contributed by atoms with Crippen LogP contribution in [-0.4, -0.2) is 142 Å². The van der Waals surface area contributed by atoms with Crippen molar-refractivity contribution in [1.29, 1.82) is 0 Å². The highest BCUT2D eigenvalue weighted by molar-refractivity contribution is 6.00. The highest BCUT2D eigenvalue weighted by atomic mass is 16.7. The van der Waals surface area contributed by atoms with Crippen molar-refractivity contribution >= 4 is 23.5 Å². The third-order valence-electron chi connectivity index (χ3n) is 13.9. The first kappa shape index (κ1) is 50.0. The van der Waals surface area contributed by atoms with Crippen LogP contribution in [0.4, 0.5) is 10.5 Å². The molecule has 0 bridgehead atoms. The molecular formula is C49H73N7O9. The molecule has 0 spiro atoms. The van der Waals surface area contributed by atoms with Crippen molar-refractivity contribution in [2.75, 3.05) is 40.0 Å². The third kappa shape index (κ3) is 11.4. The SMILES string of the molecule is CC[C@H]1OC(=O)[C@H](Cc2ccccc2)C(=O)[C@H](C)[C@@H](O[C@@H]2OC(C)CC(N(C)C)C2O)[C@](C)(OC)C[C@@H](C)CN[C@H](C)[C@H]2N(CCCCn3cc(-c4cccc(N)c4)nn3)C(=O)O[C@]12C. The number of aromatic nitrogens is 3. The molecule has 4 N–H and O–H groups in total. The predicted molar refractivity (Wildman–Crippen MR) is 246 cm³/mol. The smallest absolute Gasteiger partial charge is 0.410 e. The number of amides is 1. The number of aliphatic hydroxyl groups excluding tert-OH is 1. The number of esters is 1. The fourth-order valence-electron chi connectivity index (χ4n) is 10.4. The number of rotatable bonds is 13. The topological polar surface area (TPSA) is 193 Å². The average molecular weight is 904 g/mol. The highest BCUT2D eigenvalue weighted by Gasteiger charge is 2.59. The first-order valence-corrected chi connectivity index (χ1v) is 23.4. The molecule has 2 aromatic carbocycles. The van der Waals surface area contributed by atoms with Crippen molar-refractivity contribution in [3.8, 4) is 11.3 Å². The minimum atomic E-state index is -1.28. The van der Waals surface area contributed by atoms with E-state index in [4.69, 9.17) is 29.4 Å². The van der Waals surface area contributed by atoms with E-state index in [1.165, 1.54) is 0 Å². The monoisotopic (exact) mass is 904 g/mol. The number of hydrogen-bond acceptors (Lipinski definition) is 14. The lowest BCUT2D eigenvalue weighted by Gasteiger charge is -2.46. The summed E-state index contributed by atoms with van der Waals surface area (Å²) in [5, 5.41) is 24.0. The fraction of sp³-hybridized carbons (Fsp3) is 0.653. The Kier molecular flexibility index (Phi) is 16.5. The highest BCUT2D eigenvalue weighted by Crippen LogP contribution is 2.40. The Morgan fingerprint density at radius 3 is 2.42 bits per heavy atom. The number of nitrogen functional groups attached to an aromatic ring is 1. The molecule has 0 aliphatic carbocycles. The number of aryl methyl sites for hydroxylation is 1. The molecule has 13 atom stereocenters. The fourth-order valence-corrected chi connectivity index (χ4v) is 10.4. The standard InChI is InChI=1S/C49H73N7O9/c1-11-40-49(7)43(56(47(60)65-49)23-16-15-22-55-29-38(52-53-55)35-20-17-21-36(50)26-35)33(5)51-28-30(2)27-48(6,61-10)44(64-46-42(58)39(54(8)9)24-31(3)62-46)32(4)41(57)37(45(59)63-40)25-34-18-13-12-14-19-34/h12-14,17-21,26,29-33,37,39-40,42-44,46,51,58H,11,15-16,22-25,27-28,50H2,1-10H3/t30-,31?,32+,33-,37-,39?,40-,42?,43-,44-,46+,48-,49-/m1/s1. The minimum absolute atomic E-state index is 0.0378. The van der Waals surface area contributed by atoms with Gasteiger partial charge in [0.1, 0.15) is 23.8 Å². The van der Waals surface area contributed by atoms with Crippen LogP contribution in [0.2, 0.25) is 0 Å². The number of Topliss-reactive ketones (excluding diaryl/α,β-unsaturated/α-hetero) is 1. The zero-order chi connectivity index (χ0) is 47.2. The van der Waals surface area contributed by atoms with Crippen LogP contribution in [0.1, 0.15) is 86.1 Å². The molecule has 3 fully saturated rings. The van der Waals surface area contributed by atoms with E-state index in [1.807, 2.05) is 114 Å². The molecule has 358 valence electrons. The van der Waals surface area contributed by atoms with Crippen LogP contribution in [0.5, 0.6) is 0 Å². The minimum Gasteiger partial charge on any atom is -0.457 e. The van der Waals surface area contributed by atoms with Gasteiger partial charge in [-0.1, -0.05) is 68.4 Å². The molecule has 3 aliphatic heterocycles. The molecule has 1 aromatic heterocycles. The molecule has 3 unspecified atom stereocenters. The number of aliphatic hydroxyl groups is 1. The number of hydrogen-bond donors (Lipinski definition) is 3. The van der Waals surface area contributed by atoms with Gasteiger partial charge in [0.05, 0.1) is 30.0 Å². The Hall–Kier alpha value is -4.45. The maximum atomic E-state index is 15.2. The normalized spacial score (nSPS) is 34.1. The second-order valence-corrected chi connectivity index (χ2v) is 19.3. The lowest BCUT2D eigenvalue weighted by molar-refractivity contribution is -0.295. The molecule has 1 amide bonds. The first-order chi connectivity index (χ1) is 30.9. The number of ether oxygens (including phenoxy) is 5. The maximum absolute atomic E-state index is 15.2. The van der Waals surface area contributed by atoms with E-state index in [0.29, 0.717) is 57.4 Å². The Morgan fingerprint density at radius 1 is 1.02 bits per heavy atom. The molecule has 6 rings (SSSR count). The number of likely N-dealkylation sites (N-methyl/N-ethyl adjacent to an activating group) is 1. The van der Waals surface area contributed by atoms with Crippen LogP contribution < -0.4 is 11.1 Å². The Labute approximate surface area is 384 Å². The van der Waals surface area contributed by atoms with E-state index in [1.54, 1.807) is 23.6 Å². The van der Waals surface area contributed by atoms with Gasteiger partial charge in [-0.05, 0) is 110 Å². The number of carbonyl (C=O) groups excluding carboxylic acids is 3. The predicted octanol–water partition coefficient (Wildman–Crippen LogP) is 5.51. The zero-order valence-electron chi connectivity index (χ0n) is 40.0. The molecular weight excluding hydrogens is 831 g/mol. The molecule has 3 saturated heterocycles. The summed E-state index contributed by atoms with van der Waals surface area (Å²) in [7, 11) is 5.42. The van der Waals surface area contributed by atoms with E-state index >= 15 is 4.79 Å². The molecule has 16 nitrogen and oxygen atoms in total. The van der Waals surface area contributed by atoms with Crippen LogP contribution >= 0.6 is 0 Å². The van der Waals surface area contributed by atoms with Gasteiger partial charge in [0.25, 0.3) is 0 Å². The van der Waals surface area contributed by atoms with Crippen LogP contribution in [0.25, 0.3) is 11.3 Å². The average Bonchev–Trinajstić information content (AvgIpc) is 3.86. The van der Waals surface area contributed by atoms with Gasteiger partial charge in [0, 0.05) is 49.5 Å². The summed E-state index contributed by atoms with van der Waals surface area (Å²) in [5.41, 5.74) is 6.66. The lowest BCUT2D eigenvalue weighted by Crippen LogP contribution is -2.61. The Morgan fingerprint density at radius 2 is 1.74 bits per heavy atom. The summed E-state index contributed by atoms with van der Waals surface area (Å²) in [6.45, 7) is 15.0. The van der Waals surface area contributed by atoms with Gasteiger partial charge in [-0.2, -0.15) is 0 Å². The van der Waals surface area contributed by atoms with Gasteiger partial charge in [0.15, 0.2) is 17.7 Å². The molecule has 0 radical (unpaired) electrons. The summed E-state index contributed by atoms with van der Waals surface area (Å²) in [6.07, 6.45) is 0.0225. The van der Waals surface area contributed by atoms with Crippen molar-refractivity contribution in [2.24, 2.45) is 17.8 Å². The van der Waals surface area contributed by atoms with Crippen molar-refractivity contribution < 1.29 is 43.2 Å². The van der Waals surface area contributed by atoms with E-state index in [9.17, 15) is 14.7 Å². The summed E-state index contributed by atoms with van der Waals surface area (Å²) in [4.78, 5) is 47.8. The number of ketones is 1. The van der Waals surface area contributed by atoms with E-state index in [-0.39, 0.29) is 30.5 Å². The number of fused-ring (bicyclic) bond motifs is 1. The lowest BCUT2D eigenvalue weighted by atomic mass is 9.77. The number of carbonyl (C=O) groups is 3. The van der Waals surface area contributed by atoms with E-state index < -0.39 is 71.5 Å². The number of methoxy groups -OCH3 is 1. The van der Waals surface area contributed by atoms with E-state index in [0.717, 1.165) is 16.8 Å². The zero-order valence-corrected chi connectivity index (χ0v) is 40.0. The number of nitrogens with zero attached hydrogens (tertiary/aromatic N) is 5. The van der Waals surface area contributed by atoms with Crippen molar-refractivity contribution in [3.05, 3.63) is 66.4 Å². The van der Waals surface area contributed by atoms with Gasteiger partial charge in [0.2, 0.25) is 0 Å². The summed E-state index contributed by atoms with van der Waals surface area (Å²) in [5.74, 6) is -3.30. The van der Waals surface area contributed by atoms with Gasteiger partial charge in [-0.15, -0.1) is 5.10 Å². The van der Waals surface area contributed by atoms with Crippen LogP contribution in [0.3, 0.4) is 0 Å². The van der Waals surface area contributed by atoms with Crippen molar-refractivity contribution in [2.45, 2.75) is 154 Å². The quantitative estimate of drug-likeness (QED) is 0.0842. The second kappa shape index (κ2) is 21.5. The molecule has 4 heterocycles. The van der Waals surface area contributed by atoms with E-state index in [2.05, 4.69) is 22.6 Å². The number of anilines is 1.